The van der Waals surface area contributed by atoms with E-state index in [1.807, 2.05) is 11.9 Å². The van der Waals surface area contributed by atoms with Crippen molar-refractivity contribution < 1.29 is 14.6 Å². The molecule has 2 rings (SSSR count). The normalized spacial score (nSPS) is 27.8. The van der Waals surface area contributed by atoms with E-state index in [-0.39, 0.29) is 18.2 Å². The number of hydrogen-bond donors (Lipinski definition) is 1. The second kappa shape index (κ2) is 5.36. The van der Waals surface area contributed by atoms with Gasteiger partial charge in [-0.2, -0.15) is 0 Å². The average Bonchev–Trinajstić information content (AvgIpc) is 2.61. The Hall–Kier alpha value is -0.610. The topological polar surface area (TPSA) is 49.8 Å². The Morgan fingerprint density at radius 3 is 2.71 bits per heavy atom. The van der Waals surface area contributed by atoms with Gasteiger partial charge in [0.15, 0.2) is 0 Å². The third kappa shape index (κ3) is 3.42. The van der Waals surface area contributed by atoms with E-state index < -0.39 is 5.97 Å². The van der Waals surface area contributed by atoms with Gasteiger partial charge in [-0.25, -0.2) is 0 Å². The smallest absolute Gasteiger partial charge is 0.317 e. The van der Waals surface area contributed by atoms with Crippen LogP contribution < -0.4 is 0 Å². The molecular formula is C13H23NO3. The van der Waals surface area contributed by atoms with Gasteiger partial charge in [0.2, 0.25) is 0 Å². The predicted octanol–water partition coefficient (Wildman–Crippen LogP) is 1.88. The molecule has 4 nitrogen and oxygen atoms in total. The lowest BCUT2D eigenvalue weighted by atomic mass is 9.83. The van der Waals surface area contributed by atoms with Gasteiger partial charge >= 0.3 is 5.97 Å². The summed E-state index contributed by atoms with van der Waals surface area (Å²) in [6.45, 7) is 0.848. The zero-order valence-electron chi connectivity index (χ0n) is 10.7. The molecule has 2 aliphatic rings. The fourth-order valence-corrected chi connectivity index (χ4v) is 3.23. The van der Waals surface area contributed by atoms with Gasteiger partial charge in [-0.3, -0.25) is 9.69 Å². The van der Waals surface area contributed by atoms with Crippen molar-refractivity contribution in [3.63, 3.8) is 0 Å². The standard InChI is InChI=1S/C13H23NO3/c1-14(10-12(15)16)9-11-5-8-13(17-11)6-3-2-4-7-13/h11H,2-10H2,1H3,(H,15,16). The summed E-state index contributed by atoms with van der Waals surface area (Å²) in [5.41, 5.74) is 0.146. The van der Waals surface area contributed by atoms with Crippen LogP contribution in [0.4, 0.5) is 0 Å². The molecule has 0 radical (unpaired) electrons. The van der Waals surface area contributed by atoms with Crippen molar-refractivity contribution in [1.82, 2.24) is 4.90 Å². The van der Waals surface area contributed by atoms with Crippen molar-refractivity contribution >= 4 is 5.97 Å². The SMILES string of the molecule is CN(CC(=O)O)CC1CCC2(CCCCC2)O1. The number of hydrogen-bond acceptors (Lipinski definition) is 3. The summed E-state index contributed by atoms with van der Waals surface area (Å²) in [4.78, 5) is 12.4. The highest BCUT2D eigenvalue weighted by Gasteiger charge is 2.40. The molecule has 1 saturated carbocycles. The summed E-state index contributed by atoms with van der Waals surface area (Å²) in [5, 5.41) is 8.72. The molecule has 1 atom stereocenters. The molecule has 0 bridgehead atoms. The molecular weight excluding hydrogens is 218 g/mol. The zero-order valence-corrected chi connectivity index (χ0v) is 10.7. The van der Waals surface area contributed by atoms with Crippen molar-refractivity contribution in [2.45, 2.75) is 56.7 Å². The van der Waals surface area contributed by atoms with Crippen molar-refractivity contribution in [2.75, 3.05) is 20.1 Å². The van der Waals surface area contributed by atoms with Gasteiger partial charge in [-0.15, -0.1) is 0 Å². The summed E-state index contributed by atoms with van der Waals surface area (Å²) in [5.74, 6) is -0.766. The highest BCUT2D eigenvalue weighted by Crippen LogP contribution is 2.41. The van der Waals surface area contributed by atoms with Crippen LogP contribution in [0.1, 0.15) is 44.9 Å². The number of aliphatic carboxylic acids is 1. The molecule has 2 fully saturated rings. The molecule has 1 saturated heterocycles. The highest BCUT2D eigenvalue weighted by molar-refractivity contribution is 5.68. The Labute approximate surface area is 103 Å². The molecule has 1 unspecified atom stereocenters. The summed E-state index contributed by atoms with van der Waals surface area (Å²) >= 11 is 0. The molecule has 0 aromatic carbocycles. The second-order valence-electron chi connectivity index (χ2n) is 5.61. The fraction of sp³-hybridized carbons (Fsp3) is 0.923. The fourth-order valence-electron chi connectivity index (χ4n) is 3.23. The minimum atomic E-state index is -0.766. The van der Waals surface area contributed by atoms with Crippen molar-refractivity contribution in [3.8, 4) is 0 Å². The van der Waals surface area contributed by atoms with E-state index in [0.717, 1.165) is 13.0 Å². The quantitative estimate of drug-likeness (QED) is 0.816. The molecule has 98 valence electrons. The summed E-state index contributed by atoms with van der Waals surface area (Å²) in [6.07, 6.45) is 8.81. The van der Waals surface area contributed by atoms with Gasteiger partial charge in [0.1, 0.15) is 0 Å². The van der Waals surface area contributed by atoms with Crippen molar-refractivity contribution in [1.29, 1.82) is 0 Å². The first-order valence-electron chi connectivity index (χ1n) is 6.68. The highest BCUT2D eigenvalue weighted by atomic mass is 16.5. The molecule has 0 aromatic rings. The van der Waals surface area contributed by atoms with E-state index in [0.29, 0.717) is 0 Å². The Balaban J connectivity index is 1.79. The van der Waals surface area contributed by atoms with Crippen LogP contribution in [0.5, 0.6) is 0 Å². The van der Waals surface area contributed by atoms with Crippen molar-refractivity contribution in [2.24, 2.45) is 0 Å². The Bertz CT molecular complexity index is 274. The summed E-state index contributed by atoms with van der Waals surface area (Å²) < 4.78 is 6.21. The molecule has 4 heteroatoms. The molecule has 1 spiro atoms. The number of carboxylic acids is 1. The van der Waals surface area contributed by atoms with E-state index >= 15 is 0 Å². The Kier molecular flexibility index (Phi) is 4.05. The number of carbonyl (C=O) groups is 1. The zero-order chi connectivity index (χ0) is 12.3. The molecule has 1 aliphatic carbocycles. The molecule has 0 aromatic heterocycles. The maximum Gasteiger partial charge on any atom is 0.317 e. The molecule has 1 N–H and O–H groups in total. The van der Waals surface area contributed by atoms with Gasteiger partial charge in [0.25, 0.3) is 0 Å². The summed E-state index contributed by atoms with van der Waals surface area (Å²) in [7, 11) is 1.85. The van der Waals surface area contributed by atoms with Crippen molar-refractivity contribution in [3.05, 3.63) is 0 Å². The van der Waals surface area contributed by atoms with E-state index in [1.54, 1.807) is 0 Å². The maximum atomic E-state index is 10.6. The minimum Gasteiger partial charge on any atom is -0.480 e. The second-order valence-corrected chi connectivity index (χ2v) is 5.61. The molecule has 17 heavy (non-hydrogen) atoms. The summed E-state index contributed by atoms with van der Waals surface area (Å²) in [6, 6.07) is 0. The number of rotatable bonds is 4. The first-order chi connectivity index (χ1) is 8.10. The maximum absolute atomic E-state index is 10.6. The number of likely N-dealkylation sites (N-methyl/N-ethyl adjacent to an activating group) is 1. The molecule has 1 aliphatic heterocycles. The van der Waals surface area contributed by atoms with Gasteiger partial charge < -0.3 is 9.84 Å². The van der Waals surface area contributed by atoms with Crippen LogP contribution in [0.15, 0.2) is 0 Å². The van der Waals surface area contributed by atoms with E-state index in [9.17, 15) is 4.79 Å². The van der Waals surface area contributed by atoms with Crippen LogP contribution in [0, 0.1) is 0 Å². The Morgan fingerprint density at radius 1 is 1.35 bits per heavy atom. The number of carboxylic acid groups (broad SMARTS) is 1. The van der Waals surface area contributed by atoms with Crippen LogP contribution in [0.2, 0.25) is 0 Å². The van der Waals surface area contributed by atoms with E-state index in [1.165, 1.54) is 38.5 Å². The molecule has 1 heterocycles. The van der Waals surface area contributed by atoms with E-state index in [4.69, 9.17) is 9.84 Å². The Morgan fingerprint density at radius 2 is 2.06 bits per heavy atom. The van der Waals surface area contributed by atoms with Gasteiger partial charge in [0, 0.05) is 6.54 Å². The van der Waals surface area contributed by atoms with Crippen LogP contribution in [0.25, 0.3) is 0 Å². The monoisotopic (exact) mass is 241 g/mol. The predicted molar refractivity (Wildman–Crippen MR) is 65.1 cm³/mol. The van der Waals surface area contributed by atoms with Crippen LogP contribution in [-0.4, -0.2) is 47.8 Å². The van der Waals surface area contributed by atoms with E-state index in [2.05, 4.69) is 0 Å². The lowest BCUT2D eigenvalue weighted by Gasteiger charge is -2.33. The lowest BCUT2D eigenvalue weighted by Crippen LogP contribution is -2.36. The van der Waals surface area contributed by atoms with Gasteiger partial charge in [0.05, 0.1) is 18.2 Å². The largest absolute Gasteiger partial charge is 0.480 e. The van der Waals surface area contributed by atoms with Gasteiger partial charge in [-0.1, -0.05) is 19.3 Å². The number of ether oxygens (including phenoxy) is 1. The lowest BCUT2D eigenvalue weighted by molar-refractivity contribution is -0.138. The van der Waals surface area contributed by atoms with Crippen LogP contribution in [-0.2, 0) is 9.53 Å². The van der Waals surface area contributed by atoms with Gasteiger partial charge in [-0.05, 0) is 32.7 Å². The van der Waals surface area contributed by atoms with Crippen LogP contribution in [0.3, 0.4) is 0 Å². The first kappa shape index (κ1) is 12.8. The third-order valence-electron chi connectivity index (χ3n) is 4.02. The minimum absolute atomic E-state index is 0.104. The third-order valence-corrected chi connectivity index (χ3v) is 4.02. The first-order valence-corrected chi connectivity index (χ1v) is 6.68. The molecule has 0 amide bonds. The van der Waals surface area contributed by atoms with Crippen LogP contribution >= 0.6 is 0 Å². The average molecular weight is 241 g/mol. The number of nitrogens with zero attached hydrogens (tertiary/aromatic N) is 1.